The highest BCUT2D eigenvalue weighted by Gasteiger charge is 2.40. The fourth-order valence-electron chi connectivity index (χ4n) is 3.73. The van der Waals surface area contributed by atoms with E-state index >= 15 is 0 Å². The van der Waals surface area contributed by atoms with Crippen molar-refractivity contribution in [2.75, 3.05) is 6.54 Å². The van der Waals surface area contributed by atoms with Crippen LogP contribution in [0, 0.1) is 0 Å². The summed E-state index contributed by atoms with van der Waals surface area (Å²) in [6.07, 6.45) is 1.50. The van der Waals surface area contributed by atoms with Crippen LogP contribution in [0.15, 0.2) is 46.9 Å². The van der Waals surface area contributed by atoms with Gasteiger partial charge in [0.15, 0.2) is 0 Å². The molecule has 0 spiro atoms. The molecule has 0 aliphatic carbocycles. The lowest BCUT2D eigenvalue weighted by Gasteiger charge is -2.37. The highest BCUT2D eigenvalue weighted by Crippen LogP contribution is 2.45. The predicted octanol–water partition coefficient (Wildman–Crippen LogP) is 3.96. The Hall–Kier alpha value is -1.81. The SMILES string of the molecule is O=C1CC[C@@H]2c3ccc(O)cc3[C@@H](c3ccc(Br)cc3)CN12. The Labute approximate surface area is 137 Å². The summed E-state index contributed by atoms with van der Waals surface area (Å²) in [7, 11) is 0. The molecule has 2 heterocycles. The molecule has 0 aromatic heterocycles. The van der Waals surface area contributed by atoms with Gasteiger partial charge in [0.05, 0.1) is 6.04 Å². The number of aromatic hydroxyl groups is 1. The number of carbonyl (C=O) groups is 1. The fraction of sp³-hybridized carbons (Fsp3) is 0.278. The van der Waals surface area contributed by atoms with Crippen LogP contribution in [0.5, 0.6) is 5.75 Å². The molecule has 1 amide bonds. The zero-order valence-corrected chi connectivity index (χ0v) is 13.6. The third-order valence-corrected chi connectivity index (χ3v) is 5.31. The van der Waals surface area contributed by atoms with E-state index in [4.69, 9.17) is 0 Å². The molecule has 0 bridgehead atoms. The second-order valence-electron chi connectivity index (χ2n) is 6.02. The molecule has 112 valence electrons. The molecule has 2 aromatic rings. The summed E-state index contributed by atoms with van der Waals surface area (Å²) in [5, 5.41) is 9.90. The van der Waals surface area contributed by atoms with Gasteiger partial charge in [0.1, 0.15) is 5.75 Å². The molecule has 0 unspecified atom stereocenters. The largest absolute Gasteiger partial charge is 0.508 e. The molecular formula is C18H16BrNO2. The number of hydrogen-bond donors (Lipinski definition) is 1. The summed E-state index contributed by atoms with van der Waals surface area (Å²) in [5.41, 5.74) is 3.51. The van der Waals surface area contributed by atoms with Gasteiger partial charge in [-0.15, -0.1) is 0 Å². The average Bonchev–Trinajstić information content (AvgIpc) is 2.88. The number of fused-ring (bicyclic) bond motifs is 3. The Kier molecular flexibility index (Phi) is 3.22. The number of benzene rings is 2. The van der Waals surface area contributed by atoms with Crippen molar-refractivity contribution in [3.63, 3.8) is 0 Å². The molecule has 1 fully saturated rings. The summed E-state index contributed by atoms with van der Waals surface area (Å²) in [5.74, 6) is 0.651. The number of halogens is 1. The highest BCUT2D eigenvalue weighted by atomic mass is 79.9. The normalized spacial score (nSPS) is 23.3. The Balaban J connectivity index is 1.85. The third kappa shape index (κ3) is 2.13. The minimum atomic E-state index is 0.119. The van der Waals surface area contributed by atoms with Crippen LogP contribution in [-0.4, -0.2) is 22.5 Å². The maximum Gasteiger partial charge on any atom is 0.223 e. The van der Waals surface area contributed by atoms with Crippen LogP contribution in [0.25, 0.3) is 0 Å². The summed E-state index contributed by atoms with van der Waals surface area (Å²) in [6.45, 7) is 0.696. The van der Waals surface area contributed by atoms with E-state index in [2.05, 4.69) is 28.1 Å². The van der Waals surface area contributed by atoms with Gasteiger partial charge < -0.3 is 10.0 Å². The molecular weight excluding hydrogens is 342 g/mol. The first-order chi connectivity index (χ1) is 10.6. The minimum Gasteiger partial charge on any atom is -0.508 e. The number of carbonyl (C=O) groups excluding carboxylic acids is 1. The molecule has 4 rings (SSSR count). The smallest absolute Gasteiger partial charge is 0.223 e. The first kappa shape index (κ1) is 13.8. The molecule has 2 aliphatic heterocycles. The molecule has 2 aliphatic rings. The zero-order valence-electron chi connectivity index (χ0n) is 12.0. The molecule has 0 radical (unpaired) electrons. The molecule has 0 saturated carbocycles. The van der Waals surface area contributed by atoms with Crippen molar-refractivity contribution in [1.82, 2.24) is 4.90 Å². The van der Waals surface area contributed by atoms with Gasteiger partial charge in [-0.25, -0.2) is 0 Å². The van der Waals surface area contributed by atoms with Crippen molar-refractivity contribution in [3.8, 4) is 5.75 Å². The molecule has 22 heavy (non-hydrogen) atoms. The Morgan fingerprint density at radius 1 is 1.09 bits per heavy atom. The van der Waals surface area contributed by atoms with Crippen molar-refractivity contribution in [1.29, 1.82) is 0 Å². The third-order valence-electron chi connectivity index (χ3n) is 4.78. The van der Waals surface area contributed by atoms with Gasteiger partial charge in [0, 0.05) is 23.4 Å². The molecule has 2 atom stereocenters. The van der Waals surface area contributed by atoms with E-state index in [0.717, 1.165) is 16.5 Å². The second kappa shape index (κ2) is 5.13. The lowest BCUT2D eigenvalue weighted by atomic mass is 9.81. The van der Waals surface area contributed by atoms with Crippen molar-refractivity contribution in [2.24, 2.45) is 0 Å². The monoisotopic (exact) mass is 357 g/mol. The molecule has 2 aromatic carbocycles. The van der Waals surface area contributed by atoms with E-state index in [-0.39, 0.29) is 17.9 Å². The van der Waals surface area contributed by atoms with Crippen LogP contribution in [0.2, 0.25) is 0 Å². The standard InChI is InChI=1S/C18H16BrNO2/c19-12-3-1-11(2-4-12)16-10-20-17(7-8-18(20)22)14-6-5-13(21)9-15(14)16/h1-6,9,16-17,21H,7-8,10H2/t16-,17-/m1/s1. The quantitative estimate of drug-likeness (QED) is 0.838. The van der Waals surface area contributed by atoms with E-state index in [1.807, 2.05) is 29.2 Å². The average molecular weight is 358 g/mol. The van der Waals surface area contributed by atoms with E-state index in [1.54, 1.807) is 6.07 Å². The van der Waals surface area contributed by atoms with Crippen LogP contribution in [0.1, 0.15) is 41.5 Å². The van der Waals surface area contributed by atoms with Crippen molar-refractivity contribution < 1.29 is 9.90 Å². The predicted molar refractivity (Wildman–Crippen MR) is 87.8 cm³/mol. The summed E-state index contributed by atoms with van der Waals surface area (Å²) < 4.78 is 1.04. The topological polar surface area (TPSA) is 40.5 Å². The van der Waals surface area contributed by atoms with E-state index in [1.165, 1.54) is 11.1 Å². The Morgan fingerprint density at radius 3 is 2.64 bits per heavy atom. The Bertz CT molecular complexity index is 741. The van der Waals surface area contributed by atoms with Crippen LogP contribution < -0.4 is 0 Å². The van der Waals surface area contributed by atoms with Crippen molar-refractivity contribution >= 4 is 21.8 Å². The number of amides is 1. The minimum absolute atomic E-state index is 0.119. The first-order valence-corrected chi connectivity index (χ1v) is 8.30. The van der Waals surface area contributed by atoms with Crippen molar-refractivity contribution in [3.05, 3.63) is 63.6 Å². The van der Waals surface area contributed by atoms with Gasteiger partial charge in [-0.3, -0.25) is 4.79 Å². The summed E-state index contributed by atoms with van der Waals surface area (Å²) >= 11 is 3.46. The molecule has 3 nitrogen and oxygen atoms in total. The van der Waals surface area contributed by atoms with Gasteiger partial charge in [-0.1, -0.05) is 34.1 Å². The lowest BCUT2D eigenvalue weighted by Crippen LogP contribution is -2.37. The second-order valence-corrected chi connectivity index (χ2v) is 6.93. The zero-order chi connectivity index (χ0) is 15.3. The number of phenolic OH excluding ortho intramolecular Hbond substituents is 1. The van der Waals surface area contributed by atoms with Gasteiger partial charge in [-0.05, 0) is 47.4 Å². The van der Waals surface area contributed by atoms with Crippen molar-refractivity contribution in [2.45, 2.75) is 24.8 Å². The first-order valence-electron chi connectivity index (χ1n) is 7.51. The van der Waals surface area contributed by atoms with Crippen LogP contribution in [-0.2, 0) is 4.79 Å². The van der Waals surface area contributed by atoms with E-state index < -0.39 is 0 Å². The van der Waals surface area contributed by atoms with E-state index in [0.29, 0.717) is 18.7 Å². The van der Waals surface area contributed by atoms with Gasteiger partial charge in [-0.2, -0.15) is 0 Å². The Morgan fingerprint density at radius 2 is 1.86 bits per heavy atom. The summed E-state index contributed by atoms with van der Waals surface area (Å²) in [4.78, 5) is 14.2. The highest BCUT2D eigenvalue weighted by molar-refractivity contribution is 9.10. The number of nitrogens with zero attached hydrogens (tertiary/aromatic N) is 1. The fourth-order valence-corrected chi connectivity index (χ4v) is 3.99. The molecule has 1 saturated heterocycles. The number of phenols is 1. The van der Waals surface area contributed by atoms with Gasteiger partial charge in [0.25, 0.3) is 0 Å². The summed E-state index contributed by atoms with van der Waals surface area (Å²) in [6, 6.07) is 14.0. The van der Waals surface area contributed by atoms with Crippen LogP contribution in [0.4, 0.5) is 0 Å². The van der Waals surface area contributed by atoms with E-state index in [9.17, 15) is 9.90 Å². The van der Waals surface area contributed by atoms with Gasteiger partial charge in [0.2, 0.25) is 5.91 Å². The van der Waals surface area contributed by atoms with Gasteiger partial charge >= 0.3 is 0 Å². The number of hydrogen-bond acceptors (Lipinski definition) is 2. The number of rotatable bonds is 1. The molecule has 4 heteroatoms. The lowest BCUT2D eigenvalue weighted by molar-refractivity contribution is -0.129. The van der Waals surface area contributed by atoms with Crippen LogP contribution >= 0.6 is 15.9 Å². The van der Waals surface area contributed by atoms with Crippen LogP contribution in [0.3, 0.4) is 0 Å². The maximum absolute atomic E-state index is 12.2. The maximum atomic E-state index is 12.2. The molecule has 1 N–H and O–H groups in total.